The summed E-state index contributed by atoms with van der Waals surface area (Å²) in [5.74, 6) is 0.686. The lowest BCUT2D eigenvalue weighted by atomic mass is 9.87. The van der Waals surface area contributed by atoms with Gasteiger partial charge in [0, 0.05) is 6.04 Å². The van der Waals surface area contributed by atoms with Crippen molar-refractivity contribution >= 4 is 0 Å². The molecular weight excluding hydrogens is 191 g/mol. The van der Waals surface area contributed by atoms with Crippen LogP contribution in [0.4, 0.5) is 13.2 Å². The lowest BCUT2D eigenvalue weighted by molar-refractivity contribution is -0.148. The molecule has 0 radical (unpaired) electrons. The normalized spacial score (nSPS) is 29.6. The summed E-state index contributed by atoms with van der Waals surface area (Å²) in [5.41, 5.74) is 0. The fourth-order valence-corrected chi connectivity index (χ4v) is 2.10. The van der Waals surface area contributed by atoms with Crippen molar-refractivity contribution in [3.8, 4) is 0 Å². The molecule has 0 aromatic heterocycles. The molecule has 1 saturated carbocycles. The summed E-state index contributed by atoms with van der Waals surface area (Å²) in [5, 5.41) is 0. The van der Waals surface area contributed by atoms with Gasteiger partial charge in [0.25, 0.3) is 0 Å². The molecule has 1 aliphatic carbocycles. The van der Waals surface area contributed by atoms with Gasteiger partial charge in [-0.25, -0.2) is 0 Å². The Morgan fingerprint density at radius 2 is 1.64 bits per heavy atom. The molecular formula is C10H18F3N. The number of hydrogen-bond acceptors (Lipinski definition) is 1. The van der Waals surface area contributed by atoms with Gasteiger partial charge in [0.1, 0.15) is 0 Å². The first kappa shape index (κ1) is 11.8. The fourth-order valence-electron chi connectivity index (χ4n) is 2.10. The van der Waals surface area contributed by atoms with Gasteiger partial charge in [-0.05, 0) is 38.6 Å². The number of nitrogens with zero attached hydrogens (tertiary/aromatic N) is 1. The first-order chi connectivity index (χ1) is 6.38. The van der Waals surface area contributed by atoms with E-state index in [1.54, 1.807) is 7.05 Å². The van der Waals surface area contributed by atoms with E-state index < -0.39 is 12.7 Å². The predicted molar refractivity (Wildman–Crippen MR) is 50.1 cm³/mol. The summed E-state index contributed by atoms with van der Waals surface area (Å²) >= 11 is 0. The maximum Gasteiger partial charge on any atom is 0.401 e. The molecule has 0 bridgehead atoms. The fraction of sp³-hybridized carbons (Fsp3) is 1.00. The van der Waals surface area contributed by atoms with Crippen LogP contribution in [0.1, 0.15) is 32.6 Å². The second kappa shape index (κ2) is 4.51. The van der Waals surface area contributed by atoms with Crippen molar-refractivity contribution in [1.29, 1.82) is 0 Å². The Balaban J connectivity index is 2.34. The minimum absolute atomic E-state index is 0.132. The molecule has 0 aliphatic heterocycles. The third-order valence-corrected chi connectivity index (χ3v) is 3.04. The van der Waals surface area contributed by atoms with Crippen LogP contribution >= 0.6 is 0 Å². The van der Waals surface area contributed by atoms with Gasteiger partial charge >= 0.3 is 6.18 Å². The lowest BCUT2D eigenvalue weighted by Crippen LogP contribution is -2.40. The van der Waals surface area contributed by atoms with Crippen LogP contribution in [-0.4, -0.2) is 30.7 Å². The molecule has 0 heterocycles. The van der Waals surface area contributed by atoms with Gasteiger partial charge in [0.2, 0.25) is 0 Å². The third-order valence-electron chi connectivity index (χ3n) is 3.04. The SMILES string of the molecule is CN(CC(F)(F)F)[C@H]1CC[C@H](C)CC1. The molecule has 84 valence electrons. The molecule has 0 N–H and O–H groups in total. The van der Waals surface area contributed by atoms with E-state index >= 15 is 0 Å². The summed E-state index contributed by atoms with van der Waals surface area (Å²) in [4.78, 5) is 1.45. The molecule has 0 amide bonds. The average Bonchev–Trinajstić information content (AvgIpc) is 2.02. The molecule has 1 aliphatic rings. The summed E-state index contributed by atoms with van der Waals surface area (Å²) in [6.45, 7) is 1.39. The molecule has 1 fully saturated rings. The van der Waals surface area contributed by atoms with E-state index in [9.17, 15) is 13.2 Å². The Kier molecular flexibility index (Phi) is 3.81. The van der Waals surface area contributed by atoms with Crippen molar-refractivity contribution in [2.75, 3.05) is 13.6 Å². The predicted octanol–water partition coefficient (Wildman–Crippen LogP) is 3.06. The van der Waals surface area contributed by atoms with Gasteiger partial charge in [-0.15, -0.1) is 0 Å². The third kappa shape index (κ3) is 3.86. The van der Waals surface area contributed by atoms with Crippen LogP contribution in [0.3, 0.4) is 0 Å². The number of hydrogen-bond donors (Lipinski definition) is 0. The zero-order valence-corrected chi connectivity index (χ0v) is 8.77. The summed E-state index contributed by atoms with van der Waals surface area (Å²) in [7, 11) is 1.58. The van der Waals surface area contributed by atoms with E-state index in [-0.39, 0.29) is 6.04 Å². The lowest BCUT2D eigenvalue weighted by Gasteiger charge is -2.33. The highest BCUT2D eigenvalue weighted by atomic mass is 19.4. The minimum atomic E-state index is -4.06. The van der Waals surface area contributed by atoms with Gasteiger partial charge in [-0.1, -0.05) is 6.92 Å². The zero-order chi connectivity index (χ0) is 10.8. The highest BCUT2D eigenvalue weighted by Crippen LogP contribution is 2.28. The van der Waals surface area contributed by atoms with Gasteiger partial charge in [0.05, 0.1) is 6.54 Å². The molecule has 0 aromatic carbocycles. The van der Waals surface area contributed by atoms with Crippen LogP contribution in [0.25, 0.3) is 0 Å². The highest BCUT2D eigenvalue weighted by molar-refractivity contribution is 4.77. The molecule has 0 spiro atoms. The zero-order valence-electron chi connectivity index (χ0n) is 8.77. The Hall–Kier alpha value is -0.250. The van der Waals surface area contributed by atoms with E-state index in [1.165, 1.54) is 4.90 Å². The molecule has 0 atom stereocenters. The number of alkyl halides is 3. The summed E-state index contributed by atoms with van der Waals surface area (Å²) in [6.07, 6.45) is -0.112. The topological polar surface area (TPSA) is 3.24 Å². The van der Waals surface area contributed by atoms with Gasteiger partial charge in [-0.3, -0.25) is 4.90 Å². The van der Waals surface area contributed by atoms with E-state index in [0.29, 0.717) is 5.92 Å². The maximum atomic E-state index is 12.1. The van der Waals surface area contributed by atoms with E-state index in [0.717, 1.165) is 25.7 Å². The molecule has 0 aromatic rings. The summed E-state index contributed by atoms with van der Waals surface area (Å²) in [6, 6.07) is 0.132. The molecule has 14 heavy (non-hydrogen) atoms. The van der Waals surface area contributed by atoms with Crippen LogP contribution in [0.15, 0.2) is 0 Å². The van der Waals surface area contributed by atoms with Crippen LogP contribution in [0.5, 0.6) is 0 Å². The van der Waals surface area contributed by atoms with Crippen LogP contribution in [0.2, 0.25) is 0 Å². The van der Waals surface area contributed by atoms with Crippen molar-refractivity contribution < 1.29 is 13.2 Å². The van der Waals surface area contributed by atoms with E-state index in [2.05, 4.69) is 6.92 Å². The largest absolute Gasteiger partial charge is 0.401 e. The minimum Gasteiger partial charge on any atom is -0.295 e. The van der Waals surface area contributed by atoms with Crippen LogP contribution in [-0.2, 0) is 0 Å². The standard InChI is InChI=1S/C10H18F3N/c1-8-3-5-9(6-4-8)14(2)7-10(11,12)13/h8-9H,3-7H2,1-2H3/t8-,9-. The highest BCUT2D eigenvalue weighted by Gasteiger charge is 2.32. The monoisotopic (exact) mass is 209 g/mol. The summed E-state index contributed by atoms with van der Waals surface area (Å²) < 4.78 is 36.3. The van der Waals surface area contributed by atoms with Crippen molar-refractivity contribution in [3.63, 3.8) is 0 Å². The Morgan fingerprint density at radius 1 is 1.14 bits per heavy atom. The molecule has 1 rings (SSSR count). The molecule has 4 heteroatoms. The van der Waals surface area contributed by atoms with Crippen LogP contribution in [0, 0.1) is 5.92 Å². The van der Waals surface area contributed by atoms with E-state index in [1.807, 2.05) is 0 Å². The Labute approximate surface area is 83.3 Å². The van der Waals surface area contributed by atoms with Crippen molar-refractivity contribution in [2.45, 2.75) is 44.8 Å². The Bertz CT molecular complexity index is 171. The number of halogens is 3. The smallest absolute Gasteiger partial charge is 0.295 e. The second-order valence-electron chi connectivity index (χ2n) is 4.44. The Morgan fingerprint density at radius 3 is 2.07 bits per heavy atom. The van der Waals surface area contributed by atoms with Crippen LogP contribution < -0.4 is 0 Å². The average molecular weight is 209 g/mol. The quantitative estimate of drug-likeness (QED) is 0.675. The van der Waals surface area contributed by atoms with E-state index in [4.69, 9.17) is 0 Å². The molecule has 0 saturated heterocycles. The van der Waals surface area contributed by atoms with Gasteiger partial charge in [-0.2, -0.15) is 13.2 Å². The molecule has 0 unspecified atom stereocenters. The number of rotatable bonds is 2. The maximum absolute atomic E-state index is 12.1. The van der Waals surface area contributed by atoms with Crippen molar-refractivity contribution in [1.82, 2.24) is 4.90 Å². The van der Waals surface area contributed by atoms with Gasteiger partial charge in [0.15, 0.2) is 0 Å². The first-order valence-corrected chi connectivity index (χ1v) is 5.15. The van der Waals surface area contributed by atoms with Crippen molar-refractivity contribution in [2.24, 2.45) is 5.92 Å². The first-order valence-electron chi connectivity index (χ1n) is 5.15. The molecule has 1 nitrogen and oxygen atoms in total. The second-order valence-corrected chi connectivity index (χ2v) is 4.44. The van der Waals surface area contributed by atoms with Crippen molar-refractivity contribution in [3.05, 3.63) is 0 Å². The van der Waals surface area contributed by atoms with Gasteiger partial charge < -0.3 is 0 Å².